The quantitative estimate of drug-likeness (QED) is 0.809. The highest BCUT2D eigenvalue weighted by molar-refractivity contribution is 5.14. The zero-order valence-electron chi connectivity index (χ0n) is 9.90. The Kier molecular flexibility index (Phi) is 4.27. The summed E-state index contributed by atoms with van der Waals surface area (Å²) in [6.07, 6.45) is 6.39. The zero-order valence-corrected chi connectivity index (χ0v) is 9.90. The van der Waals surface area contributed by atoms with Crippen LogP contribution >= 0.6 is 0 Å². The molecule has 0 unspecified atom stereocenters. The number of aromatic nitrogens is 3. The third-order valence-electron chi connectivity index (χ3n) is 3.01. The third-order valence-corrected chi connectivity index (χ3v) is 3.01. The van der Waals surface area contributed by atoms with Gasteiger partial charge in [0.1, 0.15) is 0 Å². The lowest BCUT2D eigenvalue weighted by atomic mass is 9.84. The Balaban J connectivity index is 0.000000531. The number of aryl methyl sites for hydroxylation is 1. The van der Waals surface area contributed by atoms with Crippen LogP contribution in [0.3, 0.4) is 0 Å². The smallest absolute Gasteiger partial charge is 0.0911 e. The van der Waals surface area contributed by atoms with Crippen LogP contribution in [-0.4, -0.2) is 26.7 Å². The van der Waals surface area contributed by atoms with Crippen molar-refractivity contribution in [2.75, 3.05) is 6.61 Å². The largest absolute Gasteiger partial charge is 0.395 e. The lowest BCUT2D eigenvalue weighted by Crippen LogP contribution is -2.27. The summed E-state index contributed by atoms with van der Waals surface area (Å²) in [5.74, 6) is 0. The molecule has 4 heteroatoms. The second kappa shape index (κ2) is 5.26. The van der Waals surface area contributed by atoms with Crippen LogP contribution in [-0.2, 0) is 12.5 Å². The minimum Gasteiger partial charge on any atom is -0.395 e. The van der Waals surface area contributed by atoms with Crippen LogP contribution in [0.15, 0.2) is 6.20 Å². The molecule has 0 aliphatic heterocycles. The van der Waals surface area contributed by atoms with Gasteiger partial charge in [0.15, 0.2) is 0 Å². The molecule has 0 bridgehead atoms. The summed E-state index contributed by atoms with van der Waals surface area (Å²) < 4.78 is 1.70. The molecule has 0 radical (unpaired) electrons. The average molecular weight is 211 g/mol. The van der Waals surface area contributed by atoms with E-state index >= 15 is 0 Å². The van der Waals surface area contributed by atoms with Gasteiger partial charge in [0.2, 0.25) is 0 Å². The molecule has 2 rings (SSSR count). The standard InChI is InChI=1S/C9H15N3O.C2H6/c1-12-6-8(10-11-12)9(7-13)4-2-3-5-9;1-2/h6,13H,2-5,7H2,1H3;1-2H3. The van der Waals surface area contributed by atoms with E-state index in [2.05, 4.69) is 10.3 Å². The highest BCUT2D eigenvalue weighted by atomic mass is 16.3. The number of nitrogens with zero attached hydrogens (tertiary/aromatic N) is 3. The molecule has 1 heterocycles. The summed E-state index contributed by atoms with van der Waals surface area (Å²) in [6.45, 7) is 4.20. The van der Waals surface area contributed by atoms with Crippen molar-refractivity contribution in [1.82, 2.24) is 15.0 Å². The number of aliphatic hydroxyl groups is 1. The molecule has 1 aromatic heterocycles. The molecule has 0 spiro atoms. The van der Waals surface area contributed by atoms with Crippen molar-refractivity contribution in [3.63, 3.8) is 0 Å². The van der Waals surface area contributed by atoms with Crippen LogP contribution in [0.2, 0.25) is 0 Å². The van der Waals surface area contributed by atoms with Crippen LogP contribution in [0.1, 0.15) is 45.2 Å². The van der Waals surface area contributed by atoms with Crippen molar-refractivity contribution in [3.8, 4) is 0 Å². The van der Waals surface area contributed by atoms with E-state index in [4.69, 9.17) is 0 Å². The number of hydrogen-bond acceptors (Lipinski definition) is 3. The van der Waals surface area contributed by atoms with E-state index in [9.17, 15) is 5.11 Å². The minimum absolute atomic E-state index is 0.0890. The Labute approximate surface area is 91.3 Å². The van der Waals surface area contributed by atoms with Crippen LogP contribution in [0.4, 0.5) is 0 Å². The Morgan fingerprint density at radius 3 is 2.40 bits per heavy atom. The molecular formula is C11H21N3O. The molecule has 15 heavy (non-hydrogen) atoms. The van der Waals surface area contributed by atoms with Crippen molar-refractivity contribution in [3.05, 3.63) is 11.9 Å². The first-order valence-corrected chi connectivity index (χ1v) is 5.74. The maximum absolute atomic E-state index is 9.40. The average Bonchev–Trinajstić information content (AvgIpc) is 2.90. The molecule has 1 saturated carbocycles. The fraction of sp³-hybridized carbons (Fsp3) is 0.818. The molecule has 86 valence electrons. The Hall–Kier alpha value is -0.900. The third kappa shape index (κ3) is 2.37. The van der Waals surface area contributed by atoms with Gasteiger partial charge < -0.3 is 5.11 Å². The number of aliphatic hydroxyl groups excluding tert-OH is 1. The number of hydrogen-bond donors (Lipinski definition) is 1. The molecular weight excluding hydrogens is 190 g/mol. The summed E-state index contributed by atoms with van der Waals surface area (Å²) in [5, 5.41) is 17.4. The van der Waals surface area contributed by atoms with Crippen molar-refractivity contribution < 1.29 is 5.11 Å². The first kappa shape index (κ1) is 12.2. The van der Waals surface area contributed by atoms with Gasteiger partial charge in [-0.05, 0) is 12.8 Å². The fourth-order valence-electron chi connectivity index (χ4n) is 2.14. The van der Waals surface area contributed by atoms with E-state index in [1.54, 1.807) is 4.68 Å². The lowest BCUT2D eigenvalue weighted by Gasteiger charge is -2.22. The van der Waals surface area contributed by atoms with Crippen molar-refractivity contribution in [2.45, 2.75) is 44.9 Å². The van der Waals surface area contributed by atoms with Gasteiger partial charge in [-0.3, -0.25) is 4.68 Å². The highest BCUT2D eigenvalue weighted by Crippen LogP contribution is 2.39. The summed E-state index contributed by atoms with van der Waals surface area (Å²) in [5.41, 5.74) is 0.865. The van der Waals surface area contributed by atoms with Crippen LogP contribution in [0, 0.1) is 0 Å². The molecule has 1 aliphatic carbocycles. The summed E-state index contributed by atoms with van der Waals surface area (Å²) in [7, 11) is 1.86. The summed E-state index contributed by atoms with van der Waals surface area (Å²) in [4.78, 5) is 0. The van der Waals surface area contributed by atoms with Gasteiger partial charge in [-0.1, -0.05) is 31.9 Å². The predicted octanol–water partition coefficient (Wildman–Crippen LogP) is 1.65. The van der Waals surface area contributed by atoms with Crippen molar-refractivity contribution in [1.29, 1.82) is 0 Å². The van der Waals surface area contributed by atoms with E-state index in [0.29, 0.717) is 0 Å². The summed E-state index contributed by atoms with van der Waals surface area (Å²) in [6, 6.07) is 0. The van der Waals surface area contributed by atoms with E-state index in [-0.39, 0.29) is 12.0 Å². The fourth-order valence-corrected chi connectivity index (χ4v) is 2.14. The van der Waals surface area contributed by atoms with Crippen LogP contribution < -0.4 is 0 Å². The monoisotopic (exact) mass is 211 g/mol. The minimum atomic E-state index is -0.0890. The topological polar surface area (TPSA) is 50.9 Å². The molecule has 0 saturated heterocycles. The zero-order chi connectivity index (χ0) is 11.3. The van der Waals surface area contributed by atoms with Crippen molar-refractivity contribution >= 4 is 0 Å². The first-order chi connectivity index (χ1) is 7.27. The SMILES string of the molecule is CC.Cn1cc(C2(CO)CCCC2)nn1. The van der Waals surface area contributed by atoms with Gasteiger partial charge in [0.05, 0.1) is 12.3 Å². The maximum atomic E-state index is 9.40. The second-order valence-corrected chi connectivity index (χ2v) is 3.92. The van der Waals surface area contributed by atoms with E-state index in [1.165, 1.54) is 12.8 Å². The molecule has 0 aromatic carbocycles. The van der Waals surface area contributed by atoms with E-state index < -0.39 is 0 Å². The Morgan fingerprint density at radius 2 is 2.00 bits per heavy atom. The van der Waals surface area contributed by atoms with Crippen LogP contribution in [0.25, 0.3) is 0 Å². The van der Waals surface area contributed by atoms with E-state index in [1.807, 2.05) is 27.1 Å². The molecule has 1 aliphatic rings. The molecule has 0 atom stereocenters. The highest BCUT2D eigenvalue weighted by Gasteiger charge is 2.37. The van der Waals surface area contributed by atoms with Gasteiger partial charge in [-0.15, -0.1) is 5.10 Å². The molecule has 4 nitrogen and oxygen atoms in total. The predicted molar refractivity (Wildman–Crippen MR) is 59.6 cm³/mol. The van der Waals surface area contributed by atoms with E-state index in [0.717, 1.165) is 18.5 Å². The van der Waals surface area contributed by atoms with Gasteiger partial charge in [0, 0.05) is 18.7 Å². The lowest BCUT2D eigenvalue weighted by molar-refractivity contribution is 0.192. The van der Waals surface area contributed by atoms with Crippen molar-refractivity contribution in [2.24, 2.45) is 7.05 Å². The van der Waals surface area contributed by atoms with Gasteiger partial charge in [-0.25, -0.2) is 0 Å². The van der Waals surface area contributed by atoms with Gasteiger partial charge in [-0.2, -0.15) is 0 Å². The van der Waals surface area contributed by atoms with Crippen LogP contribution in [0.5, 0.6) is 0 Å². The second-order valence-electron chi connectivity index (χ2n) is 3.92. The molecule has 0 amide bonds. The number of rotatable bonds is 2. The van der Waals surface area contributed by atoms with Gasteiger partial charge >= 0.3 is 0 Å². The summed E-state index contributed by atoms with van der Waals surface area (Å²) >= 11 is 0. The maximum Gasteiger partial charge on any atom is 0.0911 e. The van der Waals surface area contributed by atoms with Gasteiger partial charge in [0.25, 0.3) is 0 Å². The Morgan fingerprint density at radius 1 is 1.40 bits per heavy atom. The Bertz CT molecular complexity index is 290. The molecule has 1 aromatic rings. The first-order valence-electron chi connectivity index (χ1n) is 5.74. The molecule has 1 fully saturated rings. The normalized spacial score (nSPS) is 18.4. The molecule has 1 N–H and O–H groups in total.